The first-order chi connectivity index (χ1) is 12.9. The summed E-state index contributed by atoms with van der Waals surface area (Å²) in [4.78, 5) is 5.57. The summed E-state index contributed by atoms with van der Waals surface area (Å²) in [5.74, 6) is -0.300. The molecule has 0 saturated heterocycles. The van der Waals surface area contributed by atoms with Gasteiger partial charge in [-0.05, 0) is 44.6 Å². The van der Waals surface area contributed by atoms with Gasteiger partial charge in [0, 0.05) is 30.1 Å². The molecule has 1 unspecified atom stereocenters. The van der Waals surface area contributed by atoms with Gasteiger partial charge in [0.2, 0.25) is 0 Å². The van der Waals surface area contributed by atoms with Crippen molar-refractivity contribution in [3.63, 3.8) is 0 Å². The molecular weight excluding hydrogens is 359 g/mol. The van der Waals surface area contributed by atoms with E-state index in [-0.39, 0.29) is 11.9 Å². The van der Waals surface area contributed by atoms with E-state index in [0.717, 1.165) is 26.7 Å². The highest BCUT2D eigenvalue weighted by atomic mass is 32.1. The van der Waals surface area contributed by atoms with Gasteiger partial charge in [-0.25, -0.2) is 14.4 Å². The minimum absolute atomic E-state index is 0.131. The van der Waals surface area contributed by atoms with Gasteiger partial charge in [0.05, 0.1) is 22.3 Å². The maximum absolute atomic E-state index is 14.6. The predicted octanol–water partition coefficient (Wildman–Crippen LogP) is 4.99. The van der Waals surface area contributed by atoms with E-state index in [1.807, 2.05) is 38.4 Å². The Balaban J connectivity index is 1.93. The highest BCUT2D eigenvalue weighted by molar-refractivity contribution is 7.15. The fraction of sp³-hybridized carbons (Fsp3) is 0.238. The zero-order valence-corrected chi connectivity index (χ0v) is 16.6. The highest BCUT2D eigenvalue weighted by Crippen LogP contribution is 2.42. The fourth-order valence-electron chi connectivity index (χ4n) is 3.59. The molecule has 27 heavy (non-hydrogen) atoms. The normalized spacial score (nSPS) is 19.1. The number of aryl methyl sites for hydroxylation is 1. The molecule has 2 aromatic rings. The number of benzene rings is 1. The van der Waals surface area contributed by atoms with Gasteiger partial charge in [-0.1, -0.05) is 18.2 Å². The molecule has 0 aliphatic carbocycles. The molecule has 6 heteroatoms. The summed E-state index contributed by atoms with van der Waals surface area (Å²) in [5.41, 5.74) is 4.46. The van der Waals surface area contributed by atoms with Crippen molar-refractivity contribution in [3.8, 4) is 11.3 Å². The molecule has 1 N–H and O–H groups in total. The van der Waals surface area contributed by atoms with Crippen molar-refractivity contribution in [2.24, 2.45) is 0 Å². The molecule has 2 aliphatic heterocycles. The molecule has 0 spiro atoms. The largest absolute Gasteiger partial charge is 0.304 e. The molecule has 0 saturated carbocycles. The Bertz CT molecular complexity index is 1010. The number of thiazole rings is 1. The maximum Gasteiger partial charge on any atom is 0.132 e. The van der Waals surface area contributed by atoms with Gasteiger partial charge in [0.15, 0.2) is 0 Å². The van der Waals surface area contributed by atoms with E-state index in [1.54, 1.807) is 13.0 Å². The topological polar surface area (TPSA) is 43.2 Å². The average Bonchev–Trinajstić information content (AvgIpc) is 3.16. The molecule has 4 nitrogen and oxygen atoms in total. The number of aromatic nitrogens is 1. The first-order valence-electron chi connectivity index (χ1n) is 8.83. The Labute approximate surface area is 162 Å². The first kappa shape index (κ1) is 17.8. The van der Waals surface area contributed by atoms with E-state index < -0.39 is 0 Å². The number of nitrogens with zero attached hydrogens (tertiary/aromatic N) is 3. The van der Waals surface area contributed by atoms with E-state index in [0.29, 0.717) is 17.0 Å². The quantitative estimate of drug-likeness (QED) is 0.763. The third kappa shape index (κ3) is 2.76. The predicted molar refractivity (Wildman–Crippen MR) is 109 cm³/mol. The molecular formula is C21H21FN4S. The van der Waals surface area contributed by atoms with Gasteiger partial charge >= 0.3 is 0 Å². The molecule has 0 fully saturated rings. The summed E-state index contributed by atoms with van der Waals surface area (Å²) in [5, 5.41) is 13.3. The van der Waals surface area contributed by atoms with Crippen LogP contribution in [0.1, 0.15) is 29.3 Å². The van der Waals surface area contributed by atoms with E-state index in [9.17, 15) is 4.39 Å². The van der Waals surface area contributed by atoms with E-state index >= 15 is 0 Å². The second-order valence-electron chi connectivity index (χ2n) is 6.85. The monoisotopic (exact) mass is 380 g/mol. The van der Waals surface area contributed by atoms with Gasteiger partial charge in [-0.15, -0.1) is 11.3 Å². The molecule has 0 amide bonds. The fourth-order valence-corrected chi connectivity index (χ4v) is 4.70. The number of nitrogens with one attached hydrogen (secondary N) is 1. The summed E-state index contributed by atoms with van der Waals surface area (Å²) in [6.45, 7) is 5.74. The Morgan fingerprint density at radius 3 is 2.78 bits per heavy atom. The smallest absolute Gasteiger partial charge is 0.132 e. The maximum atomic E-state index is 14.6. The first-order valence-corrected chi connectivity index (χ1v) is 9.65. The lowest BCUT2D eigenvalue weighted by Crippen LogP contribution is -2.34. The van der Waals surface area contributed by atoms with Crippen molar-refractivity contribution in [2.75, 3.05) is 7.05 Å². The van der Waals surface area contributed by atoms with Crippen LogP contribution in [0.5, 0.6) is 0 Å². The molecule has 0 bridgehead atoms. The molecule has 2 aliphatic rings. The molecule has 0 radical (unpaired) electrons. The van der Waals surface area contributed by atoms with E-state index in [4.69, 9.17) is 10.4 Å². The van der Waals surface area contributed by atoms with Gasteiger partial charge < -0.3 is 5.41 Å². The number of hydrazine groups is 1. The Kier molecular flexibility index (Phi) is 4.32. The Morgan fingerprint density at radius 2 is 2.07 bits per heavy atom. The number of hydrogen-bond acceptors (Lipinski definition) is 5. The number of allylic oxidation sites excluding steroid dienone is 3. The molecule has 138 valence electrons. The van der Waals surface area contributed by atoms with E-state index in [2.05, 4.69) is 23.0 Å². The lowest BCUT2D eigenvalue weighted by atomic mass is 10.0. The minimum Gasteiger partial charge on any atom is -0.304 e. The van der Waals surface area contributed by atoms with Crippen molar-refractivity contribution in [3.05, 3.63) is 69.6 Å². The van der Waals surface area contributed by atoms with Crippen LogP contribution < -0.4 is 0 Å². The van der Waals surface area contributed by atoms with Gasteiger partial charge in [0.25, 0.3) is 0 Å². The molecule has 3 heterocycles. The van der Waals surface area contributed by atoms with Crippen LogP contribution in [-0.2, 0) is 0 Å². The van der Waals surface area contributed by atoms with Crippen LogP contribution in [0.4, 0.5) is 4.39 Å². The van der Waals surface area contributed by atoms with Gasteiger partial charge in [0.1, 0.15) is 10.8 Å². The number of hydrogen-bond donors (Lipinski definition) is 1. The van der Waals surface area contributed by atoms with Crippen LogP contribution >= 0.6 is 11.3 Å². The zero-order valence-electron chi connectivity index (χ0n) is 15.7. The zero-order chi connectivity index (χ0) is 19.3. The Morgan fingerprint density at radius 1 is 1.30 bits per heavy atom. The minimum atomic E-state index is -0.300. The number of rotatable bonds is 3. The van der Waals surface area contributed by atoms with Crippen molar-refractivity contribution in [1.82, 2.24) is 15.0 Å². The number of fused-ring (bicyclic) bond motifs is 1. The van der Waals surface area contributed by atoms with Crippen molar-refractivity contribution in [2.45, 2.75) is 26.8 Å². The lowest BCUT2D eigenvalue weighted by molar-refractivity contribution is 0.0961. The standard InChI is InChI=1S/C21H21FN4S/c1-12-8-7-9-15(22)17(12)19-20(13(2)23)27-21(24-19)18-14(3)25(4)26-11-6-5-10-16(18)26/h5-11,14,23H,1-4H3. The summed E-state index contributed by atoms with van der Waals surface area (Å²) in [7, 11) is 2.04. The summed E-state index contributed by atoms with van der Waals surface area (Å²) in [6.07, 6.45) is 8.10. The molecule has 1 aromatic carbocycles. The summed E-state index contributed by atoms with van der Waals surface area (Å²) in [6, 6.07) is 5.17. The second kappa shape index (κ2) is 6.55. The van der Waals surface area contributed by atoms with Crippen LogP contribution in [0, 0.1) is 18.2 Å². The van der Waals surface area contributed by atoms with Gasteiger partial charge in [-0.3, -0.25) is 5.01 Å². The number of halogens is 1. The van der Waals surface area contributed by atoms with Crippen molar-refractivity contribution >= 4 is 22.6 Å². The third-order valence-corrected chi connectivity index (χ3v) is 6.30. The van der Waals surface area contributed by atoms with Crippen LogP contribution in [0.2, 0.25) is 0 Å². The lowest BCUT2D eigenvalue weighted by Gasteiger charge is -2.28. The SMILES string of the molecule is CC(=N)c1sc(C2=C3C=CC=CN3N(C)C2C)nc1-c1c(C)cccc1F. The average molecular weight is 380 g/mol. The van der Waals surface area contributed by atoms with E-state index in [1.165, 1.54) is 17.4 Å². The second-order valence-corrected chi connectivity index (χ2v) is 7.85. The third-order valence-electron chi connectivity index (χ3n) is 5.09. The summed E-state index contributed by atoms with van der Waals surface area (Å²) >= 11 is 1.47. The van der Waals surface area contributed by atoms with Crippen molar-refractivity contribution < 1.29 is 4.39 Å². The molecule has 1 aromatic heterocycles. The molecule has 4 rings (SSSR count). The van der Waals surface area contributed by atoms with Crippen LogP contribution in [0.15, 0.2) is 48.3 Å². The Hall–Kier alpha value is -2.57. The van der Waals surface area contributed by atoms with Crippen LogP contribution in [0.3, 0.4) is 0 Å². The van der Waals surface area contributed by atoms with Gasteiger partial charge in [-0.2, -0.15) is 0 Å². The number of likely N-dealkylation sites (N-methyl/N-ethyl adjacent to an activating group) is 1. The highest BCUT2D eigenvalue weighted by Gasteiger charge is 2.35. The van der Waals surface area contributed by atoms with Crippen molar-refractivity contribution in [1.29, 1.82) is 5.41 Å². The van der Waals surface area contributed by atoms with Crippen LogP contribution in [0.25, 0.3) is 16.8 Å². The summed E-state index contributed by atoms with van der Waals surface area (Å²) < 4.78 is 14.6. The molecule has 1 atom stereocenters. The van der Waals surface area contributed by atoms with Crippen LogP contribution in [-0.4, -0.2) is 33.8 Å².